The highest BCUT2D eigenvalue weighted by Gasteiger charge is 2.32. The third kappa shape index (κ3) is 4.58. The Kier molecular flexibility index (Phi) is 6.54. The van der Waals surface area contributed by atoms with E-state index in [4.69, 9.17) is 0 Å². The second kappa shape index (κ2) is 9.33. The zero-order valence-corrected chi connectivity index (χ0v) is 18.6. The molecule has 1 aliphatic carbocycles. The molecule has 2 fully saturated rings. The maximum atomic E-state index is 12.9. The van der Waals surface area contributed by atoms with Gasteiger partial charge in [0.05, 0.1) is 22.3 Å². The molecule has 2 aliphatic rings. The van der Waals surface area contributed by atoms with Gasteiger partial charge in [-0.15, -0.1) is 5.10 Å². The highest BCUT2D eigenvalue weighted by atomic mass is 32.2. The van der Waals surface area contributed by atoms with Crippen LogP contribution in [0, 0.1) is 11.3 Å². The lowest BCUT2D eigenvalue weighted by Gasteiger charge is -2.34. The summed E-state index contributed by atoms with van der Waals surface area (Å²) in [6.45, 7) is 0.998. The number of aromatic nitrogens is 4. The minimum atomic E-state index is -3.78. The van der Waals surface area contributed by atoms with Crippen molar-refractivity contribution in [3.63, 3.8) is 0 Å². The first-order valence-corrected chi connectivity index (χ1v) is 12.6. The van der Waals surface area contributed by atoms with Crippen molar-refractivity contribution >= 4 is 27.7 Å². The monoisotopic (exact) mass is 461 g/mol. The van der Waals surface area contributed by atoms with Gasteiger partial charge in [-0.2, -0.15) is 9.57 Å². The maximum Gasteiger partial charge on any atom is 0.244 e. The van der Waals surface area contributed by atoms with Crippen LogP contribution in [0.1, 0.15) is 37.3 Å². The van der Waals surface area contributed by atoms with Gasteiger partial charge in [0.15, 0.2) is 0 Å². The zero-order valence-electron chi connectivity index (χ0n) is 16.9. The molecule has 10 nitrogen and oxygen atoms in total. The van der Waals surface area contributed by atoms with Crippen molar-refractivity contribution in [2.75, 3.05) is 31.9 Å². The third-order valence-electron chi connectivity index (χ3n) is 5.67. The van der Waals surface area contributed by atoms with Gasteiger partial charge in [-0.25, -0.2) is 13.1 Å². The first-order valence-electron chi connectivity index (χ1n) is 10.2. The Morgan fingerprint density at radius 3 is 2.58 bits per heavy atom. The van der Waals surface area contributed by atoms with Crippen molar-refractivity contribution in [2.45, 2.75) is 41.8 Å². The Labute approximate surface area is 185 Å². The lowest BCUT2D eigenvalue weighted by atomic mass is 10.2. The predicted molar refractivity (Wildman–Crippen MR) is 113 cm³/mol. The summed E-state index contributed by atoms with van der Waals surface area (Å²) in [6, 6.07) is 8.40. The summed E-state index contributed by atoms with van der Waals surface area (Å²) < 4.78 is 29.0. The molecule has 1 aromatic carbocycles. The third-order valence-corrected chi connectivity index (χ3v) is 8.55. The molecule has 0 N–H and O–H groups in total. The summed E-state index contributed by atoms with van der Waals surface area (Å²) in [7, 11) is -3.78. The Hall–Kier alpha value is -2.49. The van der Waals surface area contributed by atoms with Crippen LogP contribution in [-0.2, 0) is 14.8 Å². The van der Waals surface area contributed by atoms with E-state index in [1.54, 1.807) is 17.0 Å². The van der Waals surface area contributed by atoms with Gasteiger partial charge < -0.3 is 4.90 Å². The molecular formula is C19H23N7O3S2. The van der Waals surface area contributed by atoms with Crippen molar-refractivity contribution in [3.05, 3.63) is 29.8 Å². The van der Waals surface area contributed by atoms with E-state index < -0.39 is 10.0 Å². The van der Waals surface area contributed by atoms with E-state index in [9.17, 15) is 18.5 Å². The van der Waals surface area contributed by atoms with E-state index in [2.05, 4.69) is 15.5 Å². The molecule has 31 heavy (non-hydrogen) atoms. The fourth-order valence-corrected chi connectivity index (χ4v) is 6.39. The van der Waals surface area contributed by atoms with E-state index in [0.717, 1.165) is 12.8 Å². The van der Waals surface area contributed by atoms with Gasteiger partial charge in [0.2, 0.25) is 21.1 Å². The molecule has 0 radical (unpaired) electrons. The minimum Gasteiger partial charge on any atom is -0.339 e. The number of hydrogen-bond donors (Lipinski definition) is 0. The fraction of sp³-hybridized carbons (Fsp3) is 0.526. The summed E-state index contributed by atoms with van der Waals surface area (Å²) in [5.41, 5.74) is 0.123. The van der Waals surface area contributed by atoms with Crippen LogP contribution in [0.4, 0.5) is 0 Å². The molecule has 1 amide bonds. The van der Waals surface area contributed by atoms with E-state index in [0.29, 0.717) is 24.3 Å². The quantitative estimate of drug-likeness (QED) is 0.589. The Morgan fingerprint density at radius 2 is 1.87 bits per heavy atom. The fourth-order valence-electron chi connectivity index (χ4n) is 3.98. The van der Waals surface area contributed by atoms with Gasteiger partial charge in [0.1, 0.15) is 6.07 Å². The second-order valence-corrected chi connectivity index (χ2v) is 10.4. The predicted octanol–water partition coefficient (Wildman–Crippen LogP) is 1.29. The van der Waals surface area contributed by atoms with Gasteiger partial charge in [-0.3, -0.25) is 4.79 Å². The number of rotatable bonds is 6. The molecule has 0 unspecified atom stereocenters. The van der Waals surface area contributed by atoms with Gasteiger partial charge in [-0.1, -0.05) is 36.7 Å². The lowest BCUT2D eigenvalue weighted by Crippen LogP contribution is -2.51. The van der Waals surface area contributed by atoms with Crippen molar-refractivity contribution in [1.29, 1.82) is 5.26 Å². The molecule has 4 rings (SSSR count). The first kappa shape index (κ1) is 21.7. The second-order valence-electron chi connectivity index (χ2n) is 7.53. The van der Waals surface area contributed by atoms with Crippen molar-refractivity contribution in [2.24, 2.45) is 0 Å². The summed E-state index contributed by atoms with van der Waals surface area (Å²) in [4.78, 5) is 14.3. The Bertz CT molecular complexity index is 1080. The van der Waals surface area contributed by atoms with Gasteiger partial charge in [-0.05, 0) is 35.4 Å². The Balaban J connectivity index is 1.33. The first-order chi connectivity index (χ1) is 15.0. The number of carbonyl (C=O) groups excluding carboxylic acids is 1. The number of sulfonamides is 1. The van der Waals surface area contributed by atoms with Crippen LogP contribution in [0.5, 0.6) is 0 Å². The molecular weight excluding hydrogens is 438 g/mol. The lowest BCUT2D eigenvalue weighted by molar-refractivity contribution is -0.129. The highest BCUT2D eigenvalue weighted by Crippen LogP contribution is 2.31. The van der Waals surface area contributed by atoms with E-state index in [1.807, 2.05) is 10.8 Å². The minimum absolute atomic E-state index is 0.00609. The smallest absolute Gasteiger partial charge is 0.244 e. The topological polar surface area (TPSA) is 125 Å². The van der Waals surface area contributed by atoms with Crippen LogP contribution >= 0.6 is 11.8 Å². The number of amides is 1. The van der Waals surface area contributed by atoms with Crippen molar-refractivity contribution < 1.29 is 13.2 Å². The summed E-state index contributed by atoms with van der Waals surface area (Å²) >= 11 is 1.32. The molecule has 0 spiro atoms. The van der Waals surface area contributed by atoms with Crippen LogP contribution in [-0.4, -0.2) is 75.7 Å². The summed E-state index contributed by atoms with van der Waals surface area (Å²) in [5.74, 6) is 0.136. The van der Waals surface area contributed by atoms with Crippen LogP contribution in [0.25, 0.3) is 0 Å². The molecule has 1 aromatic heterocycles. The van der Waals surface area contributed by atoms with Crippen LogP contribution < -0.4 is 0 Å². The van der Waals surface area contributed by atoms with Gasteiger partial charge in [0, 0.05) is 26.2 Å². The normalized spacial score (nSPS) is 18.2. The molecule has 0 bridgehead atoms. The summed E-state index contributed by atoms with van der Waals surface area (Å²) in [6.07, 6.45) is 4.44. The number of piperazine rings is 1. The van der Waals surface area contributed by atoms with Crippen molar-refractivity contribution in [1.82, 2.24) is 29.4 Å². The van der Waals surface area contributed by atoms with Gasteiger partial charge in [0.25, 0.3) is 0 Å². The van der Waals surface area contributed by atoms with Crippen LogP contribution in [0.15, 0.2) is 34.3 Å². The van der Waals surface area contributed by atoms with E-state index in [1.165, 1.54) is 41.0 Å². The highest BCUT2D eigenvalue weighted by molar-refractivity contribution is 7.99. The zero-order chi connectivity index (χ0) is 21.8. The average molecular weight is 462 g/mol. The number of nitriles is 1. The maximum absolute atomic E-state index is 12.9. The largest absolute Gasteiger partial charge is 0.339 e. The van der Waals surface area contributed by atoms with Crippen molar-refractivity contribution in [3.8, 4) is 6.07 Å². The summed E-state index contributed by atoms with van der Waals surface area (Å²) in [5, 5.41) is 21.8. The number of thioether (sulfide) groups is 1. The Morgan fingerprint density at radius 1 is 1.16 bits per heavy atom. The molecule has 2 heterocycles. The standard InChI is InChI=1S/C19H23N7O3S2/c20-13-15-5-1-4-8-17(15)31(28,29)25-11-9-24(10-12-25)18(27)14-30-19-21-22-23-26(19)16-6-2-3-7-16/h1,4-5,8,16H,2-3,6-7,9-12,14H2. The molecule has 2 aromatic rings. The average Bonchev–Trinajstić information content (AvgIpc) is 3.49. The van der Waals surface area contributed by atoms with Crippen LogP contribution in [0.3, 0.4) is 0 Å². The SMILES string of the molecule is N#Cc1ccccc1S(=O)(=O)N1CCN(C(=O)CSc2nnnn2C2CCCC2)CC1. The number of hydrogen-bond acceptors (Lipinski definition) is 8. The van der Waals surface area contributed by atoms with Gasteiger partial charge >= 0.3 is 0 Å². The molecule has 12 heteroatoms. The molecule has 1 aliphatic heterocycles. The number of tetrazole rings is 1. The molecule has 0 atom stereocenters. The van der Waals surface area contributed by atoms with E-state index >= 15 is 0 Å². The van der Waals surface area contributed by atoms with E-state index in [-0.39, 0.29) is 35.2 Å². The number of carbonyl (C=O) groups is 1. The van der Waals surface area contributed by atoms with Crippen LogP contribution in [0.2, 0.25) is 0 Å². The number of benzene rings is 1. The molecule has 164 valence electrons. The molecule has 1 saturated carbocycles. The number of nitrogens with zero attached hydrogens (tertiary/aromatic N) is 7. The molecule has 1 saturated heterocycles.